The highest BCUT2D eigenvalue weighted by Crippen LogP contribution is 2.22. The molecule has 110 valence electrons. The van der Waals surface area contributed by atoms with E-state index in [-0.39, 0.29) is 11.5 Å². The van der Waals surface area contributed by atoms with Gasteiger partial charge in [-0.05, 0) is 36.8 Å². The second-order valence-electron chi connectivity index (χ2n) is 5.04. The van der Waals surface area contributed by atoms with E-state index in [9.17, 15) is 14.4 Å². The summed E-state index contributed by atoms with van der Waals surface area (Å²) in [5.41, 5.74) is 8.35. The molecular weight excluding hydrogens is 282 g/mol. The number of nitrogens with one attached hydrogen (secondary N) is 2. The highest BCUT2D eigenvalue weighted by molar-refractivity contribution is 6.22. The van der Waals surface area contributed by atoms with Crippen LogP contribution in [0.4, 0.5) is 11.4 Å². The van der Waals surface area contributed by atoms with Gasteiger partial charge in [-0.25, -0.2) is 0 Å². The van der Waals surface area contributed by atoms with Gasteiger partial charge in [-0.1, -0.05) is 12.1 Å². The molecule has 1 aliphatic rings. The van der Waals surface area contributed by atoms with Crippen molar-refractivity contribution in [3.63, 3.8) is 0 Å². The van der Waals surface area contributed by atoms with Gasteiger partial charge in [0.1, 0.15) is 0 Å². The first kappa shape index (κ1) is 13.8. The zero-order chi connectivity index (χ0) is 15.9. The Kier molecular flexibility index (Phi) is 3.14. The molecule has 0 saturated heterocycles. The Hall–Kier alpha value is -3.15. The van der Waals surface area contributed by atoms with Gasteiger partial charge in [-0.15, -0.1) is 0 Å². The number of carbonyl (C=O) groups is 3. The molecular formula is C16H13N3O3. The summed E-state index contributed by atoms with van der Waals surface area (Å²) < 4.78 is 0. The number of hydrogen-bond acceptors (Lipinski definition) is 4. The molecule has 0 radical (unpaired) electrons. The first-order valence-electron chi connectivity index (χ1n) is 6.63. The third kappa shape index (κ3) is 2.20. The summed E-state index contributed by atoms with van der Waals surface area (Å²) in [5.74, 6) is -1.26. The van der Waals surface area contributed by atoms with E-state index < -0.39 is 11.8 Å². The van der Waals surface area contributed by atoms with E-state index in [4.69, 9.17) is 5.73 Å². The predicted octanol–water partition coefficient (Wildman–Crippen LogP) is 1.71. The molecule has 6 nitrogen and oxygen atoms in total. The molecule has 0 spiro atoms. The van der Waals surface area contributed by atoms with Crippen molar-refractivity contribution in [2.24, 2.45) is 0 Å². The van der Waals surface area contributed by atoms with Gasteiger partial charge in [0, 0.05) is 11.4 Å². The van der Waals surface area contributed by atoms with Crippen LogP contribution in [0.15, 0.2) is 36.4 Å². The molecule has 1 heterocycles. The number of nitrogen functional groups attached to an aromatic ring is 1. The molecule has 0 unspecified atom stereocenters. The lowest BCUT2D eigenvalue weighted by molar-refractivity contribution is 0.0878. The van der Waals surface area contributed by atoms with Crippen molar-refractivity contribution in [2.75, 3.05) is 11.1 Å². The molecule has 2 aromatic rings. The summed E-state index contributed by atoms with van der Waals surface area (Å²) in [6, 6.07) is 9.77. The Morgan fingerprint density at radius 3 is 2.55 bits per heavy atom. The number of anilines is 2. The summed E-state index contributed by atoms with van der Waals surface area (Å²) in [5, 5.41) is 4.90. The Morgan fingerprint density at radius 2 is 1.82 bits per heavy atom. The molecule has 3 amide bonds. The number of fused-ring (bicyclic) bond motifs is 1. The zero-order valence-electron chi connectivity index (χ0n) is 11.8. The van der Waals surface area contributed by atoms with Crippen molar-refractivity contribution in [1.82, 2.24) is 5.32 Å². The lowest BCUT2D eigenvalue weighted by Gasteiger charge is -2.10. The number of aryl methyl sites for hydroxylation is 1. The highest BCUT2D eigenvalue weighted by atomic mass is 16.2. The zero-order valence-corrected chi connectivity index (χ0v) is 11.8. The predicted molar refractivity (Wildman–Crippen MR) is 81.8 cm³/mol. The van der Waals surface area contributed by atoms with E-state index >= 15 is 0 Å². The summed E-state index contributed by atoms with van der Waals surface area (Å²) in [4.78, 5) is 35.5. The normalized spacial score (nSPS) is 12.8. The van der Waals surface area contributed by atoms with Crippen molar-refractivity contribution in [1.29, 1.82) is 0 Å². The Labute approximate surface area is 126 Å². The largest absolute Gasteiger partial charge is 0.398 e. The maximum atomic E-state index is 12.3. The Morgan fingerprint density at radius 1 is 1.09 bits per heavy atom. The van der Waals surface area contributed by atoms with Crippen LogP contribution in [-0.4, -0.2) is 17.7 Å². The Balaban J connectivity index is 1.91. The van der Waals surface area contributed by atoms with Crippen LogP contribution in [0.25, 0.3) is 0 Å². The molecule has 6 heteroatoms. The first-order valence-corrected chi connectivity index (χ1v) is 6.63. The molecule has 0 bridgehead atoms. The average molecular weight is 295 g/mol. The number of carbonyl (C=O) groups excluding carboxylic acids is 3. The molecule has 0 fully saturated rings. The van der Waals surface area contributed by atoms with Crippen LogP contribution in [-0.2, 0) is 0 Å². The second-order valence-corrected chi connectivity index (χ2v) is 5.04. The van der Waals surface area contributed by atoms with E-state index in [1.54, 1.807) is 31.2 Å². The van der Waals surface area contributed by atoms with E-state index in [2.05, 4.69) is 10.6 Å². The molecule has 22 heavy (non-hydrogen) atoms. The minimum absolute atomic E-state index is 0.251. The van der Waals surface area contributed by atoms with E-state index in [0.29, 0.717) is 22.5 Å². The van der Waals surface area contributed by atoms with Crippen molar-refractivity contribution < 1.29 is 14.4 Å². The number of imide groups is 1. The minimum atomic E-state index is -0.466. The molecule has 3 rings (SSSR count). The smallest absolute Gasteiger partial charge is 0.259 e. The summed E-state index contributed by atoms with van der Waals surface area (Å²) in [6.45, 7) is 1.79. The van der Waals surface area contributed by atoms with Crippen molar-refractivity contribution in [3.05, 3.63) is 58.7 Å². The van der Waals surface area contributed by atoms with Crippen LogP contribution in [0.1, 0.15) is 36.6 Å². The maximum Gasteiger partial charge on any atom is 0.259 e. The topological polar surface area (TPSA) is 101 Å². The van der Waals surface area contributed by atoms with Crippen LogP contribution in [0.3, 0.4) is 0 Å². The number of hydrogen-bond donors (Lipinski definition) is 3. The van der Waals surface area contributed by atoms with Gasteiger partial charge in [0.15, 0.2) is 0 Å². The third-order valence-electron chi connectivity index (χ3n) is 3.53. The van der Waals surface area contributed by atoms with Gasteiger partial charge >= 0.3 is 0 Å². The molecule has 0 atom stereocenters. The van der Waals surface area contributed by atoms with Crippen LogP contribution in [0.5, 0.6) is 0 Å². The standard InChI is InChI=1S/C16H13N3O3/c1-8-3-2-4-12(17)13(8)16(22)18-9-5-6-10-11(7-9)15(21)19-14(10)20/h2-7H,17H2,1H3,(H,18,22)(H,19,20,21). The fraction of sp³-hybridized carbons (Fsp3) is 0.0625. The summed E-state index contributed by atoms with van der Waals surface area (Å²) in [6.07, 6.45) is 0. The second kappa shape index (κ2) is 5.00. The number of rotatable bonds is 2. The number of nitrogens with two attached hydrogens (primary N) is 1. The van der Waals surface area contributed by atoms with Crippen molar-refractivity contribution >= 4 is 29.1 Å². The maximum absolute atomic E-state index is 12.3. The van der Waals surface area contributed by atoms with Crippen LogP contribution >= 0.6 is 0 Å². The van der Waals surface area contributed by atoms with E-state index in [1.807, 2.05) is 0 Å². The van der Waals surface area contributed by atoms with Gasteiger partial charge in [0.25, 0.3) is 17.7 Å². The number of amides is 3. The fourth-order valence-corrected chi connectivity index (χ4v) is 2.44. The highest BCUT2D eigenvalue weighted by Gasteiger charge is 2.27. The van der Waals surface area contributed by atoms with E-state index in [1.165, 1.54) is 12.1 Å². The summed E-state index contributed by atoms with van der Waals surface area (Å²) >= 11 is 0. The fourth-order valence-electron chi connectivity index (χ4n) is 2.44. The quantitative estimate of drug-likeness (QED) is 0.580. The molecule has 0 aliphatic carbocycles. The lowest BCUT2D eigenvalue weighted by atomic mass is 10.1. The van der Waals surface area contributed by atoms with Crippen molar-refractivity contribution in [3.8, 4) is 0 Å². The van der Waals surface area contributed by atoms with E-state index in [0.717, 1.165) is 5.56 Å². The van der Waals surface area contributed by atoms with Gasteiger partial charge in [-0.3, -0.25) is 19.7 Å². The van der Waals surface area contributed by atoms with Crippen molar-refractivity contribution in [2.45, 2.75) is 6.92 Å². The van der Waals surface area contributed by atoms with Crippen LogP contribution < -0.4 is 16.4 Å². The number of benzene rings is 2. The molecule has 0 aromatic heterocycles. The molecule has 2 aromatic carbocycles. The Bertz CT molecular complexity index is 807. The van der Waals surface area contributed by atoms with Gasteiger partial charge in [0.05, 0.1) is 16.7 Å². The summed E-state index contributed by atoms with van der Waals surface area (Å²) in [7, 11) is 0. The third-order valence-corrected chi connectivity index (χ3v) is 3.53. The average Bonchev–Trinajstić information content (AvgIpc) is 2.73. The van der Waals surface area contributed by atoms with Crippen LogP contribution in [0.2, 0.25) is 0 Å². The lowest BCUT2D eigenvalue weighted by Crippen LogP contribution is -2.19. The minimum Gasteiger partial charge on any atom is -0.398 e. The molecule has 0 saturated carbocycles. The van der Waals surface area contributed by atoms with Gasteiger partial charge < -0.3 is 11.1 Å². The van der Waals surface area contributed by atoms with Gasteiger partial charge in [0.2, 0.25) is 0 Å². The van der Waals surface area contributed by atoms with Crippen LogP contribution in [0, 0.1) is 6.92 Å². The monoisotopic (exact) mass is 295 g/mol. The molecule has 1 aliphatic heterocycles. The van der Waals surface area contributed by atoms with Gasteiger partial charge in [-0.2, -0.15) is 0 Å². The molecule has 4 N–H and O–H groups in total. The SMILES string of the molecule is Cc1cccc(N)c1C(=O)Nc1ccc2c(c1)C(=O)NC2=O. The first-order chi connectivity index (χ1) is 10.5.